The molecule has 0 spiro atoms. The maximum absolute atomic E-state index is 13.8. The third kappa shape index (κ3) is 1.55. The van der Waals surface area contributed by atoms with Crippen molar-refractivity contribution in [1.82, 2.24) is 9.55 Å². The Hall–Kier alpha value is -1.71. The van der Waals surface area contributed by atoms with Gasteiger partial charge in [-0.3, -0.25) is 9.36 Å². The molecule has 2 aliphatic carbocycles. The fourth-order valence-corrected chi connectivity index (χ4v) is 3.93. The van der Waals surface area contributed by atoms with Crippen LogP contribution in [0.15, 0.2) is 29.3 Å². The second-order valence-electron chi connectivity index (χ2n) is 5.83. The molecule has 19 heavy (non-hydrogen) atoms. The Balaban J connectivity index is 1.90. The monoisotopic (exact) mass is 258 g/mol. The van der Waals surface area contributed by atoms with Crippen LogP contribution in [0.4, 0.5) is 4.39 Å². The zero-order valence-corrected chi connectivity index (χ0v) is 10.6. The van der Waals surface area contributed by atoms with E-state index in [0.29, 0.717) is 11.4 Å². The quantitative estimate of drug-likeness (QED) is 0.788. The number of nitrogens with zero attached hydrogens (tertiary/aromatic N) is 2. The van der Waals surface area contributed by atoms with E-state index in [2.05, 4.69) is 4.98 Å². The molecule has 0 aliphatic heterocycles. The van der Waals surface area contributed by atoms with Crippen molar-refractivity contribution in [2.75, 3.05) is 0 Å². The average molecular weight is 258 g/mol. The summed E-state index contributed by atoms with van der Waals surface area (Å²) in [4.78, 5) is 16.7. The van der Waals surface area contributed by atoms with Gasteiger partial charge in [0.15, 0.2) is 0 Å². The Morgan fingerprint density at radius 3 is 2.89 bits per heavy atom. The molecule has 0 radical (unpaired) electrons. The van der Waals surface area contributed by atoms with Gasteiger partial charge >= 0.3 is 0 Å². The van der Waals surface area contributed by atoms with Crippen molar-refractivity contribution in [1.29, 1.82) is 0 Å². The lowest BCUT2D eigenvalue weighted by Gasteiger charge is -2.23. The van der Waals surface area contributed by atoms with Gasteiger partial charge < -0.3 is 0 Å². The molecule has 2 fully saturated rings. The van der Waals surface area contributed by atoms with E-state index >= 15 is 0 Å². The molecular weight excluding hydrogens is 243 g/mol. The maximum atomic E-state index is 13.8. The predicted molar refractivity (Wildman–Crippen MR) is 70.4 cm³/mol. The Kier molecular flexibility index (Phi) is 2.28. The Morgan fingerprint density at radius 1 is 1.26 bits per heavy atom. The van der Waals surface area contributed by atoms with Crippen molar-refractivity contribution >= 4 is 10.9 Å². The zero-order chi connectivity index (χ0) is 13.0. The summed E-state index contributed by atoms with van der Waals surface area (Å²) < 4.78 is 15.5. The van der Waals surface area contributed by atoms with Crippen molar-refractivity contribution in [3.8, 4) is 0 Å². The van der Waals surface area contributed by atoms with Gasteiger partial charge in [0.2, 0.25) is 0 Å². The van der Waals surface area contributed by atoms with E-state index in [1.54, 1.807) is 23.0 Å². The van der Waals surface area contributed by atoms with Gasteiger partial charge in [-0.1, -0.05) is 12.5 Å². The molecule has 0 saturated heterocycles. The van der Waals surface area contributed by atoms with E-state index in [-0.39, 0.29) is 17.0 Å². The second kappa shape index (κ2) is 3.89. The van der Waals surface area contributed by atoms with Crippen LogP contribution < -0.4 is 5.56 Å². The molecule has 0 N–H and O–H groups in total. The number of hydrogen-bond acceptors (Lipinski definition) is 2. The van der Waals surface area contributed by atoms with Crippen molar-refractivity contribution in [2.45, 2.75) is 31.7 Å². The van der Waals surface area contributed by atoms with Gasteiger partial charge in [-0.05, 0) is 43.2 Å². The summed E-state index contributed by atoms with van der Waals surface area (Å²) in [5, 5.41) is 0.132. The predicted octanol–water partition coefficient (Wildman–Crippen LogP) is 2.90. The van der Waals surface area contributed by atoms with Gasteiger partial charge in [-0.15, -0.1) is 0 Å². The lowest BCUT2D eigenvalue weighted by molar-refractivity contribution is 0.321. The minimum Gasteiger partial charge on any atom is -0.295 e. The summed E-state index contributed by atoms with van der Waals surface area (Å²) in [5.74, 6) is 0.861. The van der Waals surface area contributed by atoms with Crippen LogP contribution in [-0.2, 0) is 0 Å². The number of rotatable bonds is 1. The van der Waals surface area contributed by atoms with Gasteiger partial charge in [-0.2, -0.15) is 0 Å². The smallest absolute Gasteiger partial charge is 0.264 e. The highest BCUT2D eigenvalue weighted by molar-refractivity contribution is 5.77. The topological polar surface area (TPSA) is 34.9 Å². The van der Waals surface area contributed by atoms with E-state index in [9.17, 15) is 9.18 Å². The molecule has 1 aromatic heterocycles. The van der Waals surface area contributed by atoms with Crippen LogP contribution in [0.1, 0.15) is 31.7 Å². The van der Waals surface area contributed by atoms with Gasteiger partial charge in [0.1, 0.15) is 11.2 Å². The average Bonchev–Trinajstić information content (AvgIpc) is 3.01. The number of benzene rings is 1. The lowest BCUT2D eigenvalue weighted by atomic mass is 9.95. The fraction of sp³-hybridized carbons (Fsp3) is 0.467. The number of aromatic nitrogens is 2. The molecule has 1 heterocycles. The number of hydrogen-bond donors (Lipinski definition) is 0. The Bertz CT molecular complexity index is 709. The van der Waals surface area contributed by atoms with Gasteiger partial charge in [0, 0.05) is 6.04 Å². The first-order valence-corrected chi connectivity index (χ1v) is 6.89. The van der Waals surface area contributed by atoms with Crippen LogP contribution in [0, 0.1) is 17.7 Å². The summed E-state index contributed by atoms with van der Waals surface area (Å²) in [5.41, 5.74) is 0.227. The SMILES string of the molecule is O=c1c2c(F)cccc2ncn1[C@@H]1C[C@@H]2CC[C@H]1C2. The van der Waals surface area contributed by atoms with Crippen LogP contribution in [-0.4, -0.2) is 9.55 Å². The first-order chi connectivity index (χ1) is 9.24. The second-order valence-corrected chi connectivity index (χ2v) is 5.83. The van der Waals surface area contributed by atoms with E-state index < -0.39 is 5.82 Å². The van der Waals surface area contributed by atoms with Crippen molar-refractivity contribution in [2.24, 2.45) is 11.8 Å². The van der Waals surface area contributed by atoms with E-state index in [1.807, 2.05) is 0 Å². The van der Waals surface area contributed by atoms with Gasteiger partial charge in [0.25, 0.3) is 5.56 Å². The van der Waals surface area contributed by atoms with Crippen molar-refractivity contribution in [3.63, 3.8) is 0 Å². The van der Waals surface area contributed by atoms with Crippen molar-refractivity contribution in [3.05, 3.63) is 40.7 Å². The summed E-state index contributed by atoms with van der Waals surface area (Å²) in [6.45, 7) is 0. The lowest BCUT2D eigenvalue weighted by Crippen LogP contribution is -2.28. The fourth-order valence-electron chi connectivity index (χ4n) is 3.93. The van der Waals surface area contributed by atoms with E-state index in [0.717, 1.165) is 12.3 Å². The summed E-state index contributed by atoms with van der Waals surface area (Å²) in [6.07, 6.45) is 6.34. The Labute approximate surface area is 110 Å². The normalized spacial score (nSPS) is 29.2. The summed E-state index contributed by atoms with van der Waals surface area (Å²) in [6, 6.07) is 4.83. The van der Waals surface area contributed by atoms with Crippen LogP contribution in [0.25, 0.3) is 10.9 Å². The van der Waals surface area contributed by atoms with E-state index in [1.165, 1.54) is 25.3 Å². The standard InChI is InChI=1S/C15H15FN2O/c16-11-2-1-3-12-14(11)15(19)18(8-17-12)13-7-9-4-5-10(13)6-9/h1-3,8-10,13H,4-7H2/t9-,10+,13-/m1/s1. The number of fused-ring (bicyclic) bond motifs is 3. The third-order valence-corrected chi connectivity index (χ3v) is 4.82. The molecule has 1 aromatic carbocycles. The molecular formula is C15H15FN2O. The molecule has 0 unspecified atom stereocenters. The van der Waals surface area contributed by atoms with Crippen LogP contribution >= 0.6 is 0 Å². The van der Waals surface area contributed by atoms with Crippen molar-refractivity contribution < 1.29 is 4.39 Å². The van der Waals surface area contributed by atoms with E-state index in [4.69, 9.17) is 0 Å². The Morgan fingerprint density at radius 2 is 2.16 bits per heavy atom. The molecule has 3 atom stereocenters. The molecule has 2 aliphatic rings. The molecule has 3 nitrogen and oxygen atoms in total. The number of halogens is 1. The molecule has 2 bridgehead atoms. The van der Waals surface area contributed by atoms with Crippen LogP contribution in [0.3, 0.4) is 0 Å². The van der Waals surface area contributed by atoms with Gasteiger partial charge in [0.05, 0.1) is 11.8 Å². The highest BCUT2D eigenvalue weighted by atomic mass is 19.1. The molecule has 2 aromatic rings. The minimum absolute atomic E-state index is 0.132. The summed E-state index contributed by atoms with van der Waals surface area (Å²) in [7, 11) is 0. The first kappa shape index (κ1) is 11.1. The van der Waals surface area contributed by atoms with Gasteiger partial charge in [-0.25, -0.2) is 9.37 Å². The largest absolute Gasteiger partial charge is 0.295 e. The molecule has 0 amide bonds. The molecule has 98 valence electrons. The minimum atomic E-state index is -0.465. The highest BCUT2D eigenvalue weighted by Gasteiger charge is 2.40. The molecule has 4 rings (SSSR count). The molecule has 4 heteroatoms. The van der Waals surface area contributed by atoms with Crippen LogP contribution in [0.5, 0.6) is 0 Å². The first-order valence-electron chi connectivity index (χ1n) is 6.89. The third-order valence-electron chi connectivity index (χ3n) is 4.82. The molecule has 2 saturated carbocycles. The zero-order valence-electron chi connectivity index (χ0n) is 10.6. The van der Waals surface area contributed by atoms with Crippen LogP contribution in [0.2, 0.25) is 0 Å². The maximum Gasteiger partial charge on any atom is 0.264 e. The highest BCUT2D eigenvalue weighted by Crippen LogP contribution is 2.50. The summed E-state index contributed by atoms with van der Waals surface area (Å²) >= 11 is 0.